The Balaban J connectivity index is 2.84. The molecule has 2 atom stereocenters. The Kier molecular flexibility index (Phi) is 5.02. The summed E-state index contributed by atoms with van der Waals surface area (Å²) in [4.78, 5) is 28.9. The van der Waals surface area contributed by atoms with Crippen LogP contribution in [-0.2, 0) is 4.79 Å². The van der Waals surface area contributed by atoms with E-state index < -0.39 is 11.5 Å². The maximum atomic E-state index is 12.6. The van der Waals surface area contributed by atoms with Crippen molar-refractivity contribution < 1.29 is 14.7 Å². The molecule has 0 aromatic heterocycles. The van der Waals surface area contributed by atoms with Gasteiger partial charge in [0.05, 0.1) is 0 Å². The molecule has 1 saturated heterocycles. The van der Waals surface area contributed by atoms with Crippen molar-refractivity contribution in [3.05, 3.63) is 0 Å². The number of aliphatic carboxylic acids is 1. The number of nitrogens with zero attached hydrogens (tertiary/aromatic N) is 3. The fourth-order valence-corrected chi connectivity index (χ4v) is 2.68. The molecule has 1 aliphatic rings. The van der Waals surface area contributed by atoms with Crippen LogP contribution in [0.15, 0.2) is 0 Å². The average molecular weight is 285 g/mol. The topological polar surface area (TPSA) is 64.1 Å². The summed E-state index contributed by atoms with van der Waals surface area (Å²) in [5, 5.41) is 9.01. The third kappa shape index (κ3) is 3.85. The molecule has 116 valence electrons. The average Bonchev–Trinajstić information content (AvgIpc) is 2.65. The highest BCUT2D eigenvalue weighted by molar-refractivity contribution is 5.81. The van der Waals surface area contributed by atoms with Crippen LogP contribution in [0.1, 0.15) is 27.7 Å². The molecule has 2 amide bonds. The fourth-order valence-electron chi connectivity index (χ4n) is 2.68. The van der Waals surface area contributed by atoms with Crippen LogP contribution in [0.5, 0.6) is 0 Å². The predicted octanol–water partition coefficient (Wildman–Crippen LogP) is 1.17. The van der Waals surface area contributed by atoms with E-state index in [1.54, 1.807) is 4.90 Å². The quantitative estimate of drug-likeness (QED) is 0.845. The molecule has 6 heteroatoms. The van der Waals surface area contributed by atoms with E-state index in [9.17, 15) is 9.59 Å². The van der Waals surface area contributed by atoms with Gasteiger partial charge in [-0.2, -0.15) is 0 Å². The van der Waals surface area contributed by atoms with Gasteiger partial charge in [0.15, 0.2) is 0 Å². The van der Waals surface area contributed by atoms with Crippen molar-refractivity contribution >= 4 is 12.0 Å². The van der Waals surface area contributed by atoms with Gasteiger partial charge in [0.2, 0.25) is 0 Å². The summed E-state index contributed by atoms with van der Waals surface area (Å²) in [6, 6.07) is 0.140. The lowest BCUT2D eigenvalue weighted by atomic mass is 10.1. The van der Waals surface area contributed by atoms with Crippen LogP contribution in [0, 0.1) is 5.92 Å². The van der Waals surface area contributed by atoms with E-state index in [0.717, 1.165) is 0 Å². The molecule has 1 N–H and O–H groups in total. The van der Waals surface area contributed by atoms with Gasteiger partial charge < -0.3 is 19.8 Å². The highest BCUT2D eigenvalue weighted by Gasteiger charge is 2.38. The van der Waals surface area contributed by atoms with E-state index in [0.29, 0.717) is 25.0 Å². The van der Waals surface area contributed by atoms with Gasteiger partial charge in [-0.3, -0.25) is 4.79 Å². The Bertz CT molecular complexity index is 376. The van der Waals surface area contributed by atoms with Crippen LogP contribution in [-0.4, -0.2) is 77.1 Å². The predicted molar refractivity (Wildman–Crippen MR) is 77.7 cm³/mol. The molecule has 1 rings (SSSR count). The van der Waals surface area contributed by atoms with E-state index in [1.807, 2.05) is 34.9 Å². The molecule has 1 aliphatic heterocycles. The molecule has 0 spiro atoms. The second kappa shape index (κ2) is 5.99. The second-order valence-electron chi connectivity index (χ2n) is 6.85. The van der Waals surface area contributed by atoms with Crippen LogP contribution in [0.25, 0.3) is 0 Å². The molecule has 1 heterocycles. The summed E-state index contributed by atoms with van der Waals surface area (Å²) >= 11 is 0. The van der Waals surface area contributed by atoms with Gasteiger partial charge in [0.1, 0.15) is 6.54 Å². The third-order valence-electron chi connectivity index (χ3n) is 3.84. The zero-order valence-corrected chi connectivity index (χ0v) is 13.4. The molecule has 1 fully saturated rings. The normalized spacial score (nSPS) is 23.2. The lowest BCUT2D eigenvalue weighted by Gasteiger charge is -2.37. The fraction of sp³-hybridized carbons (Fsp3) is 0.857. The van der Waals surface area contributed by atoms with Crippen LogP contribution >= 0.6 is 0 Å². The number of carboxylic acids is 1. The van der Waals surface area contributed by atoms with Crippen molar-refractivity contribution in [2.75, 3.05) is 33.7 Å². The van der Waals surface area contributed by atoms with Crippen LogP contribution in [0.4, 0.5) is 4.79 Å². The van der Waals surface area contributed by atoms with Crippen LogP contribution < -0.4 is 0 Å². The molecule has 0 aliphatic carbocycles. The molecule has 0 saturated carbocycles. The van der Waals surface area contributed by atoms with Gasteiger partial charge in [-0.25, -0.2) is 4.79 Å². The number of likely N-dealkylation sites (N-methyl/N-ethyl adjacent to an activating group) is 1. The zero-order chi connectivity index (χ0) is 15.7. The van der Waals surface area contributed by atoms with Crippen LogP contribution in [0.3, 0.4) is 0 Å². The molecular weight excluding hydrogens is 258 g/mol. The summed E-state index contributed by atoms with van der Waals surface area (Å²) in [5.74, 6) is -0.592. The summed E-state index contributed by atoms with van der Waals surface area (Å²) in [7, 11) is 4.02. The van der Waals surface area contributed by atoms with E-state index >= 15 is 0 Å². The maximum absolute atomic E-state index is 12.6. The second-order valence-corrected chi connectivity index (χ2v) is 6.85. The Morgan fingerprint density at radius 3 is 2.15 bits per heavy atom. The maximum Gasteiger partial charge on any atom is 0.323 e. The molecule has 0 radical (unpaired) electrons. The number of carbonyl (C=O) groups is 2. The smallest absolute Gasteiger partial charge is 0.323 e. The molecule has 0 bridgehead atoms. The third-order valence-corrected chi connectivity index (χ3v) is 3.84. The van der Waals surface area contributed by atoms with Gasteiger partial charge in [-0.1, -0.05) is 6.92 Å². The first-order valence-electron chi connectivity index (χ1n) is 6.98. The SMILES string of the molecule is CC1CN(C(=O)N(CC(=O)O)C(C)(C)C)CC1N(C)C. The minimum Gasteiger partial charge on any atom is -0.480 e. The summed E-state index contributed by atoms with van der Waals surface area (Å²) in [6.07, 6.45) is 0. The lowest BCUT2D eigenvalue weighted by molar-refractivity contribution is -0.138. The molecule has 2 unspecified atom stereocenters. The Hall–Kier alpha value is -1.30. The lowest BCUT2D eigenvalue weighted by Crippen LogP contribution is -2.53. The van der Waals surface area contributed by atoms with E-state index in [-0.39, 0.29) is 12.6 Å². The Morgan fingerprint density at radius 2 is 1.80 bits per heavy atom. The largest absolute Gasteiger partial charge is 0.480 e. The van der Waals surface area contributed by atoms with Gasteiger partial charge in [-0.05, 0) is 40.8 Å². The van der Waals surface area contributed by atoms with Gasteiger partial charge >= 0.3 is 12.0 Å². The van der Waals surface area contributed by atoms with E-state index in [2.05, 4.69) is 11.8 Å². The minimum absolute atomic E-state index is 0.184. The number of hydrogen-bond acceptors (Lipinski definition) is 3. The number of urea groups is 1. The van der Waals surface area contributed by atoms with Crippen molar-refractivity contribution in [2.24, 2.45) is 5.92 Å². The number of likely N-dealkylation sites (tertiary alicyclic amines) is 1. The Morgan fingerprint density at radius 1 is 1.25 bits per heavy atom. The summed E-state index contributed by atoms with van der Waals surface area (Å²) in [6.45, 7) is 8.76. The van der Waals surface area contributed by atoms with Crippen molar-refractivity contribution in [3.8, 4) is 0 Å². The standard InChI is InChI=1S/C14H27N3O3/c1-10-7-16(8-11(10)15(5)6)13(20)17(9-12(18)19)14(2,3)4/h10-11H,7-9H2,1-6H3,(H,18,19). The first-order valence-corrected chi connectivity index (χ1v) is 6.98. The molecule has 0 aromatic carbocycles. The first kappa shape index (κ1) is 16.8. The number of carboxylic acid groups (broad SMARTS) is 1. The van der Waals surface area contributed by atoms with Crippen molar-refractivity contribution in [2.45, 2.75) is 39.3 Å². The molecule has 6 nitrogen and oxygen atoms in total. The van der Waals surface area contributed by atoms with Gasteiger partial charge in [0, 0.05) is 24.7 Å². The van der Waals surface area contributed by atoms with Crippen molar-refractivity contribution in [3.63, 3.8) is 0 Å². The minimum atomic E-state index is -0.982. The molecule has 0 aromatic rings. The monoisotopic (exact) mass is 285 g/mol. The van der Waals surface area contributed by atoms with E-state index in [4.69, 9.17) is 5.11 Å². The highest BCUT2D eigenvalue weighted by atomic mass is 16.4. The van der Waals surface area contributed by atoms with Gasteiger partial charge in [0.25, 0.3) is 0 Å². The number of hydrogen-bond donors (Lipinski definition) is 1. The summed E-state index contributed by atoms with van der Waals surface area (Å²) in [5.41, 5.74) is -0.505. The highest BCUT2D eigenvalue weighted by Crippen LogP contribution is 2.23. The van der Waals surface area contributed by atoms with Gasteiger partial charge in [-0.15, -0.1) is 0 Å². The first-order chi connectivity index (χ1) is 9.04. The van der Waals surface area contributed by atoms with Crippen LogP contribution in [0.2, 0.25) is 0 Å². The number of carbonyl (C=O) groups excluding carboxylic acids is 1. The number of amides is 2. The zero-order valence-electron chi connectivity index (χ0n) is 13.4. The number of rotatable bonds is 3. The van der Waals surface area contributed by atoms with E-state index in [1.165, 1.54) is 4.90 Å². The Labute approximate surface area is 121 Å². The van der Waals surface area contributed by atoms with Crippen molar-refractivity contribution in [1.29, 1.82) is 0 Å². The molecule has 20 heavy (non-hydrogen) atoms. The molecular formula is C14H27N3O3. The summed E-state index contributed by atoms with van der Waals surface area (Å²) < 4.78 is 0. The van der Waals surface area contributed by atoms with Crippen molar-refractivity contribution in [1.82, 2.24) is 14.7 Å².